The van der Waals surface area contributed by atoms with Crippen molar-refractivity contribution in [1.29, 1.82) is 0 Å². The van der Waals surface area contributed by atoms with Gasteiger partial charge in [0, 0.05) is 24.7 Å². The molecule has 0 aromatic heterocycles. The van der Waals surface area contributed by atoms with Crippen LogP contribution in [0.25, 0.3) is 0 Å². The molecule has 1 nitrogen and oxygen atoms in total. The molecule has 0 spiro atoms. The van der Waals surface area contributed by atoms with E-state index in [-0.39, 0.29) is 30.5 Å². The van der Waals surface area contributed by atoms with Crippen molar-refractivity contribution in [3.8, 4) is 0 Å². The van der Waals surface area contributed by atoms with Crippen LogP contribution in [0.15, 0.2) is 0 Å². The molecular formula is C14H22F2O. The highest BCUT2D eigenvalue weighted by atomic mass is 19.3. The van der Waals surface area contributed by atoms with Gasteiger partial charge in [0.2, 0.25) is 5.92 Å². The Bertz CT molecular complexity index is 270. The van der Waals surface area contributed by atoms with Crippen molar-refractivity contribution in [2.75, 3.05) is 0 Å². The molecule has 2 aliphatic carbocycles. The molecular weight excluding hydrogens is 222 g/mol. The first-order chi connectivity index (χ1) is 7.98. The van der Waals surface area contributed by atoms with E-state index in [0.717, 1.165) is 31.6 Å². The summed E-state index contributed by atoms with van der Waals surface area (Å²) in [5, 5.41) is 0. The highest BCUT2D eigenvalue weighted by molar-refractivity contribution is 5.83. The van der Waals surface area contributed by atoms with Crippen LogP contribution in [0.5, 0.6) is 0 Å². The third-order valence-corrected chi connectivity index (χ3v) is 4.54. The molecule has 0 radical (unpaired) electrons. The zero-order chi connectivity index (χ0) is 12.5. The van der Waals surface area contributed by atoms with Crippen LogP contribution < -0.4 is 0 Å². The highest BCUT2D eigenvalue weighted by Crippen LogP contribution is 2.39. The van der Waals surface area contributed by atoms with Gasteiger partial charge in [0.1, 0.15) is 5.78 Å². The Morgan fingerprint density at radius 3 is 1.94 bits per heavy atom. The minimum Gasteiger partial charge on any atom is -0.299 e. The quantitative estimate of drug-likeness (QED) is 0.711. The van der Waals surface area contributed by atoms with E-state index in [1.54, 1.807) is 0 Å². The summed E-state index contributed by atoms with van der Waals surface area (Å²) < 4.78 is 26.0. The molecule has 0 saturated heterocycles. The Morgan fingerprint density at radius 1 is 0.941 bits per heavy atom. The fraction of sp³-hybridized carbons (Fsp3) is 0.929. The summed E-state index contributed by atoms with van der Waals surface area (Å²) in [6, 6.07) is 0. The molecule has 0 aromatic rings. The number of halogens is 2. The van der Waals surface area contributed by atoms with E-state index < -0.39 is 5.92 Å². The lowest BCUT2D eigenvalue weighted by Gasteiger charge is -2.32. The van der Waals surface area contributed by atoms with Crippen LogP contribution in [0.3, 0.4) is 0 Å². The molecule has 2 rings (SSSR count). The second kappa shape index (κ2) is 5.03. The number of rotatable bonds is 2. The number of Topliss-reactive ketones (excluding diaryl/α,β-unsaturated/α-hetero) is 1. The van der Waals surface area contributed by atoms with Crippen LogP contribution in [0.4, 0.5) is 8.78 Å². The van der Waals surface area contributed by atoms with Gasteiger partial charge < -0.3 is 0 Å². The zero-order valence-electron chi connectivity index (χ0n) is 10.6. The van der Waals surface area contributed by atoms with Crippen LogP contribution in [0.2, 0.25) is 0 Å². The van der Waals surface area contributed by atoms with Crippen molar-refractivity contribution in [3.05, 3.63) is 0 Å². The minimum absolute atomic E-state index is 0.0759. The Hall–Kier alpha value is -0.470. The fourth-order valence-corrected chi connectivity index (χ4v) is 3.20. The van der Waals surface area contributed by atoms with Crippen LogP contribution >= 0.6 is 0 Å². The molecule has 2 aliphatic rings. The van der Waals surface area contributed by atoms with E-state index in [1.807, 2.05) is 0 Å². The summed E-state index contributed by atoms with van der Waals surface area (Å²) in [5.41, 5.74) is 0. The first-order valence-electron chi connectivity index (χ1n) is 6.89. The van der Waals surface area contributed by atoms with Gasteiger partial charge in [-0.2, -0.15) is 0 Å². The van der Waals surface area contributed by atoms with E-state index in [1.165, 1.54) is 0 Å². The summed E-state index contributed by atoms with van der Waals surface area (Å²) in [6.07, 6.45) is 4.83. The lowest BCUT2D eigenvalue weighted by molar-refractivity contribution is -0.132. The maximum absolute atomic E-state index is 13.0. The molecule has 0 N–H and O–H groups in total. The zero-order valence-corrected chi connectivity index (χ0v) is 10.6. The molecule has 0 heterocycles. The van der Waals surface area contributed by atoms with Crippen LogP contribution in [0, 0.1) is 17.8 Å². The van der Waals surface area contributed by atoms with Crippen LogP contribution in [-0.2, 0) is 4.79 Å². The summed E-state index contributed by atoms with van der Waals surface area (Å²) in [5.74, 6) is -1.41. The Morgan fingerprint density at radius 2 is 1.41 bits per heavy atom. The number of hydrogen-bond acceptors (Lipinski definition) is 1. The molecule has 2 saturated carbocycles. The van der Waals surface area contributed by atoms with E-state index >= 15 is 0 Å². The highest BCUT2D eigenvalue weighted by Gasteiger charge is 2.39. The Kier molecular flexibility index (Phi) is 3.84. The molecule has 0 unspecified atom stereocenters. The van der Waals surface area contributed by atoms with Gasteiger partial charge in [-0.15, -0.1) is 0 Å². The second-order valence-electron chi connectivity index (χ2n) is 5.99. The van der Waals surface area contributed by atoms with Crippen molar-refractivity contribution in [1.82, 2.24) is 0 Å². The molecule has 17 heavy (non-hydrogen) atoms. The summed E-state index contributed by atoms with van der Waals surface area (Å²) >= 11 is 0. The SMILES string of the molecule is CC1CCC(C(=O)C2CCC(F)(F)CC2)CC1. The van der Waals surface area contributed by atoms with Gasteiger partial charge in [-0.1, -0.05) is 19.8 Å². The molecule has 98 valence electrons. The molecule has 0 atom stereocenters. The average molecular weight is 244 g/mol. The number of carbonyl (C=O) groups is 1. The minimum atomic E-state index is -2.52. The van der Waals surface area contributed by atoms with Crippen molar-refractivity contribution >= 4 is 5.78 Å². The lowest BCUT2D eigenvalue weighted by atomic mass is 9.74. The smallest absolute Gasteiger partial charge is 0.248 e. The van der Waals surface area contributed by atoms with Gasteiger partial charge in [-0.25, -0.2) is 8.78 Å². The van der Waals surface area contributed by atoms with E-state index in [9.17, 15) is 13.6 Å². The molecule has 0 bridgehead atoms. The van der Waals surface area contributed by atoms with Gasteiger partial charge in [0.15, 0.2) is 0 Å². The third kappa shape index (κ3) is 3.26. The van der Waals surface area contributed by atoms with E-state index in [4.69, 9.17) is 0 Å². The predicted octanol–water partition coefficient (Wildman–Crippen LogP) is 4.21. The average Bonchev–Trinajstić information content (AvgIpc) is 2.29. The lowest BCUT2D eigenvalue weighted by Crippen LogP contribution is -2.33. The molecule has 2 fully saturated rings. The number of alkyl halides is 2. The third-order valence-electron chi connectivity index (χ3n) is 4.54. The van der Waals surface area contributed by atoms with Gasteiger partial charge >= 0.3 is 0 Å². The maximum Gasteiger partial charge on any atom is 0.248 e. The second-order valence-corrected chi connectivity index (χ2v) is 5.99. The molecule has 0 aromatic carbocycles. The normalized spacial score (nSPS) is 34.5. The van der Waals surface area contributed by atoms with Gasteiger partial charge in [-0.05, 0) is 31.6 Å². The molecule has 0 aliphatic heterocycles. The standard InChI is InChI=1S/C14H22F2O/c1-10-2-4-11(5-3-10)13(17)12-6-8-14(15,16)9-7-12/h10-12H,2-9H2,1H3. The predicted molar refractivity (Wildman–Crippen MR) is 63.0 cm³/mol. The monoisotopic (exact) mass is 244 g/mol. The largest absolute Gasteiger partial charge is 0.299 e. The van der Waals surface area contributed by atoms with Crippen molar-refractivity contribution < 1.29 is 13.6 Å². The Labute approximate surface area is 102 Å². The molecule has 3 heteroatoms. The van der Waals surface area contributed by atoms with Crippen molar-refractivity contribution in [2.45, 2.75) is 64.2 Å². The van der Waals surface area contributed by atoms with E-state index in [2.05, 4.69) is 6.92 Å². The summed E-state index contributed by atoms with van der Waals surface area (Å²) in [7, 11) is 0. The molecule has 0 amide bonds. The van der Waals surface area contributed by atoms with Crippen LogP contribution in [0.1, 0.15) is 58.3 Å². The number of hydrogen-bond donors (Lipinski definition) is 0. The first-order valence-corrected chi connectivity index (χ1v) is 6.89. The fourth-order valence-electron chi connectivity index (χ4n) is 3.20. The van der Waals surface area contributed by atoms with E-state index in [0.29, 0.717) is 12.8 Å². The van der Waals surface area contributed by atoms with Crippen molar-refractivity contribution in [3.63, 3.8) is 0 Å². The van der Waals surface area contributed by atoms with Gasteiger partial charge in [0.05, 0.1) is 0 Å². The number of ketones is 1. The topological polar surface area (TPSA) is 17.1 Å². The van der Waals surface area contributed by atoms with Gasteiger partial charge in [-0.3, -0.25) is 4.79 Å². The maximum atomic E-state index is 13.0. The van der Waals surface area contributed by atoms with Gasteiger partial charge in [0.25, 0.3) is 0 Å². The summed E-state index contributed by atoms with van der Waals surface area (Å²) in [6.45, 7) is 2.22. The van der Waals surface area contributed by atoms with Crippen molar-refractivity contribution in [2.24, 2.45) is 17.8 Å². The first kappa shape index (κ1) is 13.0. The summed E-state index contributed by atoms with van der Waals surface area (Å²) in [4.78, 5) is 12.2. The van der Waals surface area contributed by atoms with Crippen LogP contribution in [-0.4, -0.2) is 11.7 Å². The number of carbonyl (C=O) groups excluding carboxylic acids is 1. The Balaban J connectivity index is 1.84.